The van der Waals surface area contributed by atoms with E-state index in [1.807, 2.05) is 55.1 Å². The highest BCUT2D eigenvalue weighted by Crippen LogP contribution is 2.12. The Hall–Kier alpha value is -5.38. The maximum Gasteiger partial charge on any atom is 0.115 e. The van der Waals surface area contributed by atoms with Crippen LogP contribution in [0.4, 0.5) is 0 Å². The monoisotopic (exact) mass is 731 g/mol. The predicted octanol–water partition coefficient (Wildman–Crippen LogP) is 10.8. The number of pyridine rings is 2. The minimum absolute atomic E-state index is 0.485. The van der Waals surface area contributed by atoms with E-state index < -0.39 is 0 Å². The van der Waals surface area contributed by atoms with E-state index in [4.69, 9.17) is 0 Å². The molecule has 10 nitrogen and oxygen atoms in total. The molecule has 0 spiro atoms. The van der Waals surface area contributed by atoms with Crippen LogP contribution in [0.3, 0.4) is 0 Å². The number of rotatable bonds is 6. The summed E-state index contributed by atoms with van der Waals surface area (Å²) in [5.74, 6) is 3.25. The van der Waals surface area contributed by atoms with Crippen LogP contribution in [0.15, 0.2) is 123 Å². The van der Waals surface area contributed by atoms with E-state index in [0.29, 0.717) is 35.5 Å². The maximum atomic E-state index is 4.12. The number of aromatic nitrogens is 10. The molecule has 0 unspecified atom stereocenters. The second-order valence-corrected chi connectivity index (χ2v) is 14.1. The summed E-state index contributed by atoms with van der Waals surface area (Å²) in [4.78, 5) is 23.9. The lowest BCUT2D eigenvalue weighted by molar-refractivity contribution is 0.785. The van der Waals surface area contributed by atoms with Crippen LogP contribution in [0.25, 0.3) is 0 Å². The molecule has 6 heterocycles. The zero-order valence-corrected chi connectivity index (χ0v) is 34.5. The van der Waals surface area contributed by atoms with E-state index in [-0.39, 0.29) is 0 Å². The highest BCUT2D eigenvalue weighted by Gasteiger charge is 1.99. The van der Waals surface area contributed by atoms with Crippen LogP contribution in [0, 0.1) is 0 Å². The summed E-state index contributed by atoms with van der Waals surface area (Å²) in [7, 11) is 0. The molecule has 0 radical (unpaired) electrons. The summed E-state index contributed by atoms with van der Waals surface area (Å²) in [6.07, 6.45) is 23.0. The Morgan fingerprint density at radius 3 is 1.09 bits per heavy atom. The lowest BCUT2D eigenvalue weighted by atomic mass is 10.1. The zero-order valence-electron chi connectivity index (χ0n) is 34.5. The third-order valence-electron chi connectivity index (χ3n) is 7.58. The standard InChI is InChI=1S/2C8H11N.4C7H10N2/c2*1-7(2)8-4-3-5-9-6-8;1-6(2)7-3-8-5-9-4-7;1-6(2)7-5-8-3-4-9-7;1-6(2)7-3-4-8-9-5-7;1-6(2)7-4-3-5-8-9-7/h2*3-7H,1-2H3;4*3-6H,1-2H3. The van der Waals surface area contributed by atoms with Gasteiger partial charge < -0.3 is 0 Å². The topological polar surface area (TPSA) is 129 Å². The van der Waals surface area contributed by atoms with Gasteiger partial charge in [-0.1, -0.05) is 95.2 Å². The molecule has 0 fully saturated rings. The molecule has 6 rings (SSSR count). The molecule has 6 aromatic rings. The van der Waals surface area contributed by atoms with Gasteiger partial charge in [-0.3, -0.25) is 19.9 Å². The average Bonchev–Trinajstić information content (AvgIpc) is 3.21. The van der Waals surface area contributed by atoms with Gasteiger partial charge in [0.25, 0.3) is 0 Å². The minimum atomic E-state index is 0.485. The summed E-state index contributed by atoms with van der Waals surface area (Å²) < 4.78 is 0. The summed E-state index contributed by atoms with van der Waals surface area (Å²) in [5.41, 5.74) is 7.15. The van der Waals surface area contributed by atoms with Gasteiger partial charge in [-0.05, 0) is 88.1 Å². The molecule has 0 saturated heterocycles. The van der Waals surface area contributed by atoms with E-state index >= 15 is 0 Å². The maximum absolute atomic E-state index is 4.12. The van der Waals surface area contributed by atoms with Gasteiger partial charge in [0.05, 0.1) is 17.6 Å². The number of hydrogen-bond donors (Lipinski definition) is 0. The average molecular weight is 731 g/mol. The fourth-order valence-corrected chi connectivity index (χ4v) is 3.92. The van der Waals surface area contributed by atoms with Gasteiger partial charge in [0, 0.05) is 68.2 Å². The van der Waals surface area contributed by atoms with Crippen LogP contribution in [-0.4, -0.2) is 50.3 Å². The first-order valence-corrected chi connectivity index (χ1v) is 18.7. The Morgan fingerprint density at radius 2 is 0.815 bits per heavy atom. The molecule has 0 amide bonds. The van der Waals surface area contributed by atoms with Gasteiger partial charge in [0.15, 0.2) is 0 Å². The molecule has 0 aliphatic rings. The molecule has 0 bridgehead atoms. The summed E-state index contributed by atoms with van der Waals surface area (Å²) in [6, 6.07) is 14.0. The van der Waals surface area contributed by atoms with E-state index in [1.54, 1.807) is 55.9 Å². The molecule has 6 aromatic heterocycles. The van der Waals surface area contributed by atoms with E-state index in [2.05, 4.69) is 146 Å². The van der Waals surface area contributed by atoms with Crippen LogP contribution < -0.4 is 0 Å². The molecule has 0 N–H and O–H groups in total. The number of nitrogens with zero attached hydrogens (tertiary/aromatic N) is 10. The molecule has 0 saturated carbocycles. The van der Waals surface area contributed by atoms with Crippen molar-refractivity contribution in [3.05, 3.63) is 157 Å². The Balaban J connectivity index is 0.000000324. The molecule has 0 aliphatic carbocycles. The zero-order chi connectivity index (χ0) is 40.1. The molecule has 0 atom stereocenters. The summed E-state index contributed by atoms with van der Waals surface area (Å²) >= 11 is 0. The fraction of sp³-hybridized carbons (Fsp3) is 0.409. The lowest BCUT2D eigenvalue weighted by Gasteiger charge is -2.00. The first-order valence-electron chi connectivity index (χ1n) is 18.7. The van der Waals surface area contributed by atoms with Crippen molar-refractivity contribution in [2.45, 2.75) is 119 Å². The third kappa shape index (κ3) is 21.9. The van der Waals surface area contributed by atoms with Crippen molar-refractivity contribution in [2.24, 2.45) is 0 Å². The third-order valence-corrected chi connectivity index (χ3v) is 7.58. The van der Waals surface area contributed by atoms with Crippen LogP contribution in [0.1, 0.15) is 152 Å². The number of hydrogen-bond acceptors (Lipinski definition) is 10. The predicted molar refractivity (Wildman–Crippen MR) is 221 cm³/mol. The Morgan fingerprint density at radius 1 is 0.333 bits per heavy atom. The van der Waals surface area contributed by atoms with Crippen molar-refractivity contribution in [2.75, 3.05) is 0 Å². The fourth-order valence-electron chi connectivity index (χ4n) is 3.92. The van der Waals surface area contributed by atoms with Crippen LogP contribution in [-0.2, 0) is 0 Å². The van der Waals surface area contributed by atoms with Gasteiger partial charge in [0.2, 0.25) is 0 Å². The van der Waals surface area contributed by atoms with Crippen molar-refractivity contribution in [3.8, 4) is 0 Å². The second-order valence-electron chi connectivity index (χ2n) is 14.1. The van der Waals surface area contributed by atoms with Crippen LogP contribution in [0.5, 0.6) is 0 Å². The van der Waals surface area contributed by atoms with Gasteiger partial charge >= 0.3 is 0 Å². The molecular formula is C44H62N10. The molecular weight excluding hydrogens is 669 g/mol. The largest absolute Gasteiger partial charge is 0.264 e. The smallest absolute Gasteiger partial charge is 0.115 e. The van der Waals surface area contributed by atoms with Gasteiger partial charge in [-0.15, -0.1) is 0 Å². The SMILES string of the molecule is CC(C)c1cccnc1.CC(C)c1cccnc1.CC(C)c1cccnn1.CC(C)c1ccnnc1.CC(C)c1cnccn1.CC(C)c1cncnc1. The summed E-state index contributed by atoms with van der Waals surface area (Å²) in [5, 5.41) is 15.1. The summed E-state index contributed by atoms with van der Waals surface area (Å²) in [6.45, 7) is 25.6. The van der Waals surface area contributed by atoms with E-state index in [1.165, 1.54) is 22.3 Å². The minimum Gasteiger partial charge on any atom is -0.264 e. The molecule has 10 heteroatoms. The Kier molecular flexibility index (Phi) is 24.3. The van der Waals surface area contributed by atoms with Crippen molar-refractivity contribution < 1.29 is 0 Å². The van der Waals surface area contributed by atoms with Crippen molar-refractivity contribution in [1.82, 2.24) is 50.3 Å². The van der Waals surface area contributed by atoms with Crippen molar-refractivity contribution in [1.29, 1.82) is 0 Å². The molecule has 288 valence electrons. The highest BCUT2D eigenvalue weighted by atomic mass is 15.1. The van der Waals surface area contributed by atoms with E-state index in [9.17, 15) is 0 Å². The van der Waals surface area contributed by atoms with Gasteiger partial charge in [-0.2, -0.15) is 20.4 Å². The quantitative estimate of drug-likeness (QED) is 0.163. The second kappa shape index (κ2) is 28.2. The first-order chi connectivity index (χ1) is 25.8. The first kappa shape index (κ1) is 46.6. The van der Waals surface area contributed by atoms with Crippen molar-refractivity contribution in [3.63, 3.8) is 0 Å². The Labute approximate surface area is 324 Å². The Bertz CT molecular complexity index is 1350. The van der Waals surface area contributed by atoms with Crippen LogP contribution in [0.2, 0.25) is 0 Å². The highest BCUT2D eigenvalue weighted by molar-refractivity contribution is 5.13. The molecule has 0 aromatic carbocycles. The molecule has 0 aliphatic heterocycles. The van der Waals surface area contributed by atoms with E-state index in [0.717, 1.165) is 11.4 Å². The van der Waals surface area contributed by atoms with Crippen LogP contribution >= 0.6 is 0 Å². The van der Waals surface area contributed by atoms with Gasteiger partial charge in [-0.25, -0.2) is 9.97 Å². The van der Waals surface area contributed by atoms with Crippen molar-refractivity contribution >= 4 is 0 Å². The lowest BCUT2D eigenvalue weighted by Crippen LogP contribution is -1.92. The van der Waals surface area contributed by atoms with Gasteiger partial charge in [0.1, 0.15) is 6.33 Å². The normalized spacial score (nSPS) is 10.1. The molecule has 54 heavy (non-hydrogen) atoms.